The van der Waals surface area contributed by atoms with Crippen LogP contribution in [-0.4, -0.2) is 15.4 Å². The molecule has 2 N–H and O–H groups in total. The largest absolute Gasteiger partial charge is 0.328 e. The highest BCUT2D eigenvalue weighted by molar-refractivity contribution is 9.10. The van der Waals surface area contributed by atoms with E-state index >= 15 is 0 Å². The number of hydrogen-bond acceptors (Lipinski definition) is 2. The van der Waals surface area contributed by atoms with Gasteiger partial charge in [0.25, 0.3) is 0 Å². The molecule has 14 heavy (non-hydrogen) atoms. The molecule has 0 amide bonds. The predicted molar refractivity (Wildman–Crippen MR) is 60.2 cm³/mol. The topological polar surface area (TPSA) is 43.3 Å². The lowest BCUT2D eigenvalue weighted by Gasteiger charge is -1.98. The third-order valence-electron chi connectivity index (χ3n) is 2.00. The minimum atomic E-state index is 0.156. The second-order valence-electron chi connectivity index (χ2n) is 3.52. The Morgan fingerprint density at radius 1 is 1.64 bits per heavy atom. The summed E-state index contributed by atoms with van der Waals surface area (Å²) >= 11 is 3.41. The summed E-state index contributed by atoms with van der Waals surface area (Å²) in [4.78, 5) is 4.47. The van der Waals surface area contributed by atoms with Gasteiger partial charge in [-0.3, -0.25) is 0 Å². The summed E-state index contributed by atoms with van der Waals surface area (Å²) in [6.07, 6.45) is 4.82. The molecule has 1 unspecified atom stereocenters. The van der Waals surface area contributed by atoms with Crippen molar-refractivity contribution in [1.29, 1.82) is 0 Å². The summed E-state index contributed by atoms with van der Waals surface area (Å²) in [6.45, 7) is 1.99. The van der Waals surface area contributed by atoms with Gasteiger partial charge in [0.1, 0.15) is 5.65 Å². The predicted octanol–water partition coefficient (Wildman–Crippen LogP) is 1.99. The molecule has 0 aliphatic carbocycles. The van der Waals surface area contributed by atoms with Gasteiger partial charge >= 0.3 is 0 Å². The van der Waals surface area contributed by atoms with Crippen LogP contribution < -0.4 is 5.73 Å². The minimum Gasteiger partial charge on any atom is -0.328 e. The lowest BCUT2D eigenvalue weighted by atomic mass is 10.2. The monoisotopic (exact) mass is 253 g/mol. The zero-order valence-electron chi connectivity index (χ0n) is 7.94. The third kappa shape index (κ3) is 1.96. The smallest absolute Gasteiger partial charge is 0.138 e. The van der Waals surface area contributed by atoms with Crippen LogP contribution in [0.2, 0.25) is 0 Å². The standard InChI is InChI=1S/C10H12BrN3/c1-7(12)4-9-6-14-3-2-8(11)5-10(14)13-9/h2-3,5-7H,4,12H2,1H3. The SMILES string of the molecule is CC(N)Cc1cn2ccc(Br)cc2n1. The lowest BCUT2D eigenvalue weighted by Crippen LogP contribution is -2.17. The molecule has 0 saturated heterocycles. The van der Waals surface area contributed by atoms with Gasteiger partial charge in [0.15, 0.2) is 0 Å². The second kappa shape index (κ2) is 3.71. The molecule has 0 bridgehead atoms. The van der Waals surface area contributed by atoms with Crippen LogP contribution >= 0.6 is 15.9 Å². The first-order valence-corrected chi connectivity index (χ1v) is 5.33. The molecule has 2 aromatic rings. The van der Waals surface area contributed by atoms with Crippen molar-refractivity contribution in [3.8, 4) is 0 Å². The number of imidazole rings is 1. The first-order valence-electron chi connectivity index (χ1n) is 4.54. The first kappa shape index (κ1) is 9.68. The van der Waals surface area contributed by atoms with Gasteiger partial charge < -0.3 is 10.1 Å². The van der Waals surface area contributed by atoms with Gasteiger partial charge in [0.05, 0.1) is 5.69 Å². The highest BCUT2D eigenvalue weighted by Gasteiger charge is 2.03. The number of nitrogens with zero attached hydrogens (tertiary/aromatic N) is 2. The van der Waals surface area contributed by atoms with E-state index in [9.17, 15) is 0 Å². The van der Waals surface area contributed by atoms with Gasteiger partial charge in [-0.05, 0) is 19.1 Å². The molecule has 0 radical (unpaired) electrons. The Morgan fingerprint density at radius 3 is 3.14 bits per heavy atom. The minimum absolute atomic E-state index is 0.156. The number of nitrogens with two attached hydrogens (primary N) is 1. The molecule has 0 saturated carbocycles. The molecule has 0 aromatic carbocycles. The van der Waals surface area contributed by atoms with Crippen LogP contribution in [0.1, 0.15) is 12.6 Å². The molecule has 2 heterocycles. The zero-order valence-corrected chi connectivity index (χ0v) is 9.53. The number of fused-ring (bicyclic) bond motifs is 1. The van der Waals surface area contributed by atoms with Crippen molar-refractivity contribution in [2.24, 2.45) is 5.73 Å². The van der Waals surface area contributed by atoms with Crippen LogP contribution in [0.3, 0.4) is 0 Å². The quantitative estimate of drug-likeness (QED) is 0.890. The van der Waals surface area contributed by atoms with Gasteiger partial charge in [0.2, 0.25) is 0 Å². The van der Waals surface area contributed by atoms with Crippen LogP contribution in [0.4, 0.5) is 0 Å². The van der Waals surface area contributed by atoms with Crippen molar-refractivity contribution in [3.05, 3.63) is 34.7 Å². The van der Waals surface area contributed by atoms with Gasteiger partial charge in [-0.15, -0.1) is 0 Å². The Balaban J connectivity index is 2.41. The third-order valence-corrected chi connectivity index (χ3v) is 2.50. The molecule has 0 fully saturated rings. The molecule has 0 aliphatic rings. The van der Waals surface area contributed by atoms with Crippen molar-refractivity contribution < 1.29 is 0 Å². The highest BCUT2D eigenvalue weighted by Crippen LogP contribution is 2.13. The summed E-state index contributed by atoms with van der Waals surface area (Å²) in [7, 11) is 0. The average Bonchev–Trinajstić information content (AvgIpc) is 2.44. The van der Waals surface area contributed by atoms with E-state index in [1.165, 1.54) is 0 Å². The maximum absolute atomic E-state index is 5.72. The maximum atomic E-state index is 5.72. The van der Waals surface area contributed by atoms with E-state index in [2.05, 4.69) is 20.9 Å². The Labute approximate surface area is 91.1 Å². The van der Waals surface area contributed by atoms with Crippen LogP contribution in [-0.2, 0) is 6.42 Å². The number of pyridine rings is 1. The first-order chi connectivity index (χ1) is 6.65. The number of hydrogen-bond donors (Lipinski definition) is 1. The van der Waals surface area contributed by atoms with Crippen molar-refractivity contribution in [3.63, 3.8) is 0 Å². The van der Waals surface area contributed by atoms with Crippen LogP contribution in [0.5, 0.6) is 0 Å². The molecule has 0 aliphatic heterocycles. The van der Waals surface area contributed by atoms with Crippen LogP contribution in [0, 0.1) is 0 Å². The lowest BCUT2D eigenvalue weighted by molar-refractivity contribution is 0.726. The van der Waals surface area contributed by atoms with E-state index in [4.69, 9.17) is 5.73 Å². The van der Waals surface area contributed by atoms with E-state index in [0.717, 1.165) is 22.2 Å². The van der Waals surface area contributed by atoms with Crippen LogP contribution in [0.15, 0.2) is 29.0 Å². The van der Waals surface area contributed by atoms with E-state index in [1.807, 2.05) is 35.9 Å². The summed E-state index contributed by atoms with van der Waals surface area (Å²) in [5, 5.41) is 0. The maximum Gasteiger partial charge on any atom is 0.138 e. The zero-order chi connectivity index (χ0) is 10.1. The summed E-state index contributed by atoms with van der Waals surface area (Å²) < 4.78 is 3.05. The van der Waals surface area contributed by atoms with Crippen molar-refractivity contribution in [2.45, 2.75) is 19.4 Å². The highest BCUT2D eigenvalue weighted by atomic mass is 79.9. The van der Waals surface area contributed by atoms with Gasteiger partial charge in [-0.1, -0.05) is 15.9 Å². The number of rotatable bonds is 2. The molecule has 2 rings (SSSR count). The van der Waals surface area contributed by atoms with Gasteiger partial charge in [-0.2, -0.15) is 0 Å². The van der Waals surface area contributed by atoms with Gasteiger partial charge in [-0.25, -0.2) is 4.98 Å². The van der Waals surface area contributed by atoms with Crippen molar-refractivity contribution in [1.82, 2.24) is 9.38 Å². The molecule has 3 nitrogen and oxygen atoms in total. The Kier molecular flexibility index (Phi) is 2.56. The molecular weight excluding hydrogens is 242 g/mol. The Bertz CT molecular complexity index is 448. The normalized spacial score (nSPS) is 13.4. The number of aromatic nitrogens is 2. The summed E-state index contributed by atoms with van der Waals surface area (Å²) in [5.74, 6) is 0. The average molecular weight is 254 g/mol. The second-order valence-corrected chi connectivity index (χ2v) is 4.44. The molecule has 1 atom stereocenters. The fourth-order valence-corrected chi connectivity index (χ4v) is 1.76. The van der Waals surface area contributed by atoms with Crippen molar-refractivity contribution >= 4 is 21.6 Å². The summed E-state index contributed by atoms with van der Waals surface area (Å²) in [5.41, 5.74) is 7.71. The Hall–Kier alpha value is -0.870. The molecule has 4 heteroatoms. The molecule has 74 valence electrons. The van der Waals surface area contributed by atoms with E-state index in [0.29, 0.717) is 0 Å². The number of halogens is 1. The molecular formula is C10H12BrN3. The van der Waals surface area contributed by atoms with Gasteiger partial charge in [0, 0.05) is 29.3 Å². The van der Waals surface area contributed by atoms with Crippen LogP contribution in [0.25, 0.3) is 5.65 Å². The molecule has 0 spiro atoms. The summed E-state index contributed by atoms with van der Waals surface area (Å²) in [6, 6.07) is 4.14. The van der Waals surface area contributed by atoms with E-state index < -0.39 is 0 Å². The Morgan fingerprint density at radius 2 is 2.43 bits per heavy atom. The fourth-order valence-electron chi connectivity index (χ4n) is 1.44. The molecule has 2 aromatic heterocycles. The van der Waals surface area contributed by atoms with E-state index in [1.54, 1.807) is 0 Å². The van der Waals surface area contributed by atoms with E-state index in [-0.39, 0.29) is 6.04 Å². The fraction of sp³-hybridized carbons (Fsp3) is 0.300. The van der Waals surface area contributed by atoms with Crippen molar-refractivity contribution in [2.75, 3.05) is 0 Å².